The van der Waals surface area contributed by atoms with E-state index in [4.69, 9.17) is 9.47 Å². The van der Waals surface area contributed by atoms with Crippen molar-refractivity contribution in [1.82, 2.24) is 9.80 Å². The minimum absolute atomic E-state index is 0.0150. The summed E-state index contributed by atoms with van der Waals surface area (Å²) >= 11 is 0. The van der Waals surface area contributed by atoms with Gasteiger partial charge >= 0.3 is 0 Å². The van der Waals surface area contributed by atoms with Crippen LogP contribution in [0.1, 0.15) is 52.9 Å². The van der Waals surface area contributed by atoms with Gasteiger partial charge in [0.25, 0.3) is 0 Å². The van der Waals surface area contributed by atoms with Crippen molar-refractivity contribution >= 4 is 23.4 Å². The molecular formula is C32H43N3O6. The number of unbranched alkanes of at least 4 members (excludes halogenated alkanes) is 2. The van der Waals surface area contributed by atoms with Crippen LogP contribution in [0.4, 0.5) is 5.69 Å². The summed E-state index contributed by atoms with van der Waals surface area (Å²) in [5.41, 5.74) is -0.497. The Kier molecular flexibility index (Phi) is 8.85. The molecule has 1 aromatic rings. The zero-order valence-corrected chi connectivity index (χ0v) is 24.4. The number of carbonyl (C=O) groups is 3. The molecule has 222 valence electrons. The molecule has 9 heteroatoms. The van der Waals surface area contributed by atoms with Crippen LogP contribution < -0.4 is 9.64 Å². The van der Waals surface area contributed by atoms with Gasteiger partial charge in [0, 0.05) is 38.0 Å². The number of ether oxygens (including phenoxy) is 2. The Morgan fingerprint density at radius 1 is 1.02 bits per heavy atom. The number of hydrogen-bond donors (Lipinski definition) is 1. The van der Waals surface area contributed by atoms with Gasteiger partial charge in [-0.3, -0.25) is 14.4 Å². The number of carbonyl (C=O) groups excluding carboxylic acids is 3. The summed E-state index contributed by atoms with van der Waals surface area (Å²) in [6.45, 7) is 7.89. The number of aliphatic hydroxyl groups excluding tert-OH is 1. The molecule has 2 saturated heterocycles. The molecule has 2 fully saturated rings. The molecule has 6 atom stereocenters. The number of hydrogen-bond acceptors (Lipinski definition) is 6. The first-order valence-electron chi connectivity index (χ1n) is 15.2. The molecule has 4 aliphatic rings. The van der Waals surface area contributed by atoms with Gasteiger partial charge in [-0.25, -0.2) is 0 Å². The molecule has 0 radical (unpaired) electrons. The lowest BCUT2D eigenvalue weighted by molar-refractivity contribution is -0.148. The first kappa shape index (κ1) is 29.3. The van der Waals surface area contributed by atoms with Crippen molar-refractivity contribution in [2.75, 3.05) is 37.7 Å². The highest BCUT2D eigenvalue weighted by Gasteiger charge is 2.71. The van der Waals surface area contributed by atoms with Crippen molar-refractivity contribution in [2.45, 2.75) is 76.7 Å². The maximum Gasteiger partial charge on any atom is 0.249 e. The lowest BCUT2D eigenvalue weighted by Crippen LogP contribution is -2.56. The molecule has 2 unspecified atom stereocenters. The largest absolute Gasteiger partial charge is 0.494 e. The predicted molar refractivity (Wildman–Crippen MR) is 155 cm³/mol. The Morgan fingerprint density at radius 2 is 1.80 bits per heavy atom. The van der Waals surface area contributed by atoms with Gasteiger partial charge in [0.1, 0.15) is 17.4 Å². The zero-order valence-electron chi connectivity index (χ0n) is 24.4. The predicted octanol–water partition coefficient (Wildman–Crippen LogP) is 3.32. The molecule has 0 bridgehead atoms. The molecule has 9 nitrogen and oxygen atoms in total. The highest BCUT2D eigenvalue weighted by atomic mass is 16.5. The Balaban J connectivity index is 1.51. The van der Waals surface area contributed by atoms with Crippen LogP contribution in [-0.2, 0) is 19.1 Å². The Labute approximate surface area is 242 Å². The second-order valence-electron chi connectivity index (χ2n) is 11.5. The SMILES string of the molecule is CCCC(C)N1CC=C[C@]23O[C@H]4C=CCN(c5ccc(OCC)cc5)C(=O)[C@H]4[C@H]2C(=O)N(CCCCCO)C3C1=O. The second-order valence-corrected chi connectivity index (χ2v) is 11.5. The van der Waals surface area contributed by atoms with E-state index in [2.05, 4.69) is 6.92 Å². The summed E-state index contributed by atoms with van der Waals surface area (Å²) < 4.78 is 12.3. The highest BCUT2D eigenvalue weighted by molar-refractivity contribution is 6.03. The van der Waals surface area contributed by atoms with E-state index in [1.54, 1.807) is 9.80 Å². The molecule has 1 aromatic carbocycles. The third-order valence-electron chi connectivity index (χ3n) is 8.94. The van der Waals surface area contributed by atoms with Crippen LogP contribution in [0.5, 0.6) is 5.75 Å². The zero-order chi connectivity index (χ0) is 29.1. The van der Waals surface area contributed by atoms with E-state index in [1.807, 2.05) is 67.3 Å². The van der Waals surface area contributed by atoms with Crippen molar-refractivity contribution in [3.05, 3.63) is 48.6 Å². The summed E-state index contributed by atoms with van der Waals surface area (Å²) in [5.74, 6) is -1.34. The Bertz CT molecular complexity index is 1180. The number of anilines is 1. The molecule has 0 aromatic heterocycles. The summed E-state index contributed by atoms with van der Waals surface area (Å²) in [4.78, 5) is 48.1. The molecule has 4 heterocycles. The molecule has 4 aliphatic heterocycles. The molecule has 5 rings (SSSR count). The second kappa shape index (κ2) is 12.4. The van der Waals surface area contributed by atoms with Crippen LogP contribution in [0, 0.1) is 11.8 Å². The van der Waals surface area contributed by atoms with E-state index < -0.39 is 29.6 Å². The summed E-state index contributed by atoms with van der Waals surface area (Å²) in [7, 11) is 0. The van der Waals surface area contributed by atoms with E-state index >= 15 is 0 Å². The van der Waals surface area contributed by atoms with Crippen LogP contribution in [-0.4, -0.2) is 89.3 Å². The topological polar surface area (TPSA) is 99.6 Å². The van der Waals surface area contributed by atoms with Crippen molar-refractivity contribution in [3.63, 3.8) is 0 Å². The minimum atomic E-state index is -1.22. The third-order valence-corrected chi connectivity index (χ3v) is 8.94. The standard InChI is InChI=1S/C32H43N3O6/c1-4-11-22(3)33-20-10-17-32-27(30(38)35(28(32)31(33)39)18-7-6-8-21-36)26-25(41-32)12-9-19-34(29(26)37)23-13-15-24(16-14-23)40-5-2/h9-10,12-17,22,25-28,36H,4-8,11,18-21H2,1-3H3/t22?,25-,26+,27-,28?,32-/m0/s1. The maximum atomic E-state index is 14.3. The van der Waals surface area contributed by atoms with Crippen molar-refractivity contribution in [1.29, 1.82) is 0 Å². The molecule has 41 heavy (non-hydrogen) atoms. The molecule has 0 aliphatic carbocycles. The summed E-state index contributed by atoms with van der Waals surface area (Å²) in [5, 5.41) is 9.27. The van der Waals surface area contributed by atoms with Gasteiger partial charge in [-0.05, 0) is 63.8 Å². The average molecular weight is 566 g/mol. The fourth-order valence-electron chi connectivity index (χ4n) is 7.06. The van der Waals surface area contributed by atoms with Crippen molar-refractivity contribution in [3.8, 4) is 5.75 Å². The number of nitrogens with zero attached hydrogens (tertiary/aromatic N) is 3. The van der Waals surface area contributed by atoms with Gasteiger partial charge in [0.05, 0.1) is 24.5 Å². The van der Waals surface area contributed by atoms with E-state index in [0.29, 0.717) is 39.1 Å². The van der Waals surface area contributed by atoms with Crippen LogP contribution in [0.2, 0.25) is 0 Å². The monoisotopic (exact) mass is 565 g/mol. The minimum Gasteiger partial charge on any atom is -0.494 e. The first-order valence-corrected chi connectivity index (χ1v) is 15.2. The number of likely N-dealkylation sites (tertiary alicyclic amines) is 1. The Hall–Kier alpha value is -3.17. The van der Waals surface area contributed by atoms with Crippen molar-refractivity contribution < 1.29 is 29.0 Å². The van der Waals surface area contributed by atoms with Crippen LogP contribution in [0.3, 0.4) is 0 Å². The number of rotatable bonds is 11. The molecular weight excluding hydrogens is 522 g/mol. The van der Waals surface area contributed by atoms with Crippen LogP contribution in [0.15, 0.2) is 48.6 Å². The fraction of sp³-hybridized carbons (Fsp3) is 0.594. The molecule has 1 N–H and O–H groups in total. The first-order chi connectivity index (χ1) is 19.9. The molecule has 3 amide bonds. The quantitative estimate of drug-likeness (QED) is 0.327. The van der Waals surface area contributed by atoms with Gasteiger partial charge in [-0.15, -0.1) is 0 Å². The maximum absolute atomic E-state index is 14.3. The fourth-order valence-corrected chi connectivity index (χ4v) is 7.06. The molecule has 1 spiro atoms. The highest BCUT2D eigenvalue weighted by Crippen LogP contribution is 2.53. The third kappa shape index (κ3) is 5.18. The van der Waals surface area contributed by atoms with Gasteiger partial charge in [0.15, 0.2) is 0 Å². The summed E-state index contributed by atoms with van der Waals surface area (Å²) in [6, 6.07) is 6.58. The average Bonchev–Trinajstić information content (AvgIpc) is 3.26. The lowest BCUT2D eigenvalue weighted by atomic mass is 9.77. The van der Waals surface area contributed by atoms with E-state index in [0.717, 1.165) is 30.7 Å². The Morgan fingerprint density at radius 3 is 2.51 bits per heavy atom. The summed E-state index contributed by atoms with van der Waals surface area (Å²) in [6.07, 6.45) is 10.9. The normalized spacial score (nSPS) is 29.8. The van der Waals surface area contributed by atoms with Gasteiger partial charge in [-0.2, -0.15) is 0 Å². The number of aliphatic hydroxyl groups is 1. The van der Waals surface area contributed by atoms with E-state index in [1.165, 1.54) is 0 Å². The van der Waals surface area contributed by atoms with E-state index in [-0.39, 0.29) is 30.4 Å². The van der Waals surface area contributed by atoms with Gasteiger partial charge in [0.2, 0.25) is 17.7 Å². The molecule has 0 saturated carbocycles. The number of amides is 3. The van der Waals surface area contributed by atoms with Crippen molar-refractivity contribution in [2.24, 2.45) is 11.8 Å². The van der Waals surface area contributed by atoms with Crippen LogP contribution in [0.25, 0.3) is 0 Å². The number of fused-ring (bicyclic) bond motifs is 2. The van der Waals surface area contributed by atoms with E-state index in [9.17, 15) is 19.5 Å². The number of benzene rings is 1. The van der Waals surface area contributed by atoms with Gasteiger partial charge < -0.3 is 29.3 Å². The van der Waals surface area contributed by atoms with Gasteiger partial charge in [-0.1, -0.05) is 37.6 Å². The lowest BCUT2D eigenvalue weighted by Gasteiger charge is -2.37. The van der Waals surface area contributed by atoms with Crippen LogP contribution >= 0.6 is 0 Å². The smallest absolute Gasteiger partial charge is 0.249 e.